The number of aliphatic hydroxyl groups is 1. The van der Waals surface area contributed by atoms with Gasteiger partial charge in [0.1, 0.15) is 5.75 Å². The van der Waals surface area contributed by atoms with Crippen molar-refractivity contribution in [2.24, 2.45) is 5.92 Å². The van der Waals surface area contributed by atoms with Crippen LogP contribution < -0.4 is 4.74 Å². The molecule has 4 unspecified atom stereocenters. The molecule has 0 aliphatic carbocycles. The molecule has 4 atom stereocenters. The highest BCUT2D eigenvalue weighted by atomic mass is 32.2. The van der Waals surface area contributed by atoms with Crippen LogP contribution in [0.2, 0.25) is 0 Å². The lowest BCUT2D eigenvalue weighted by Crippen LogP contribution is -2.44. The van der Waals surface area contributed by atoms with Crippen molar-refractivity contribution in [2.75, 3.05) is 24.7 Å². The van der Waals surface area contributed by atoms with E-state index in [2.05, 4.69) is 6.07 Å². The van der Waals surface area contributed by atoms with Gasteiger partial charge in [0.15, 0.2) is 0 Å². The maximum atomic E-state index is 10.9. The van der Waals surface area contributed by atoms with E-state index < -0.39 is 0 Å². The van der Waals surface area contributed by atoms with E-state index in [0.717, 1.165) is 37.4 Å². The zero-order valence-electron chi connectivity index (χ0n) is 12.2. The molecule has 2 saturated heterocycles. The molecule has 4 heteroatoms. The number of para-hydroxylation sites is 1. The lowest BCUT2D eigenvalue weighted by atomic mass is 9.77. The zero-order chi connectivity index (χ0) is 14.3. The van der Waals surface area contributed by atoms with Gasteiger partial charge in [-0.2, -0.15) is 11.8 Å². The van der Waals surface area contributed by atoms with E-state index in [-0.39, 0.29) is 17.6 Å². The summed E-state index contributed by atoms with van der Waals surface area (Å²) in [6, 6.07) is 8.12. The number of aliphatic hydroxyl groups excluding tert-OH is 1. The minimum absolute atomic E-state index is 0.0353. The van der Waals surface area contributed by atoms with Crippen molar-refractivity contribution in [3.05, 3.63) is 29.8 Å². The third kappa shape index (κ3) is 2.47. The summed E-state index contributed by atoms with van der Waals surface area (Å²) >= 11 is 1.98. The Kier molecular flexibility index (Phi) is 3.64. The Morgan fingerprint density at radius 3 is 3.10 bits per heavy atom. The van der Waals surface area contributed by atoms with E-state index in [9.17, 15) is 5.11 Å². The van der Waals surface area contributed by atoms with Gasteiger partial charge < -0.3 is 14.6 Å². The fourth-order valence-electron chi connectivity index (χ4n) is 4.02. The molecule has 114 valence electrons. The quantitative estimate of drug-likeness (QED) is 0.912. The summed E-state index contributed by atoms with van der Waals surface area (Å²) in [6.07, 6.45) is 2.78. The van der Waals surface area contributed by atoms with Crippen molar-refractivity contribution in [2.45, 2.75) is 36.9 Å². The summed E-state index contributed by atoms with van der Waals surface area (Å²) in [4.78, 5) is 0. The van der Waals surface area contributed by atoms with Gasteiger partial charge in [-0.15, -0.1) is 0 Å². The molecule has 3 heterocycles. The molecule has 4 rings (SSSR count). The Morgan fingerprint density at radius 2 is 2.24 bits per heavy atom. The predicted molar refractivity (Wildman–Crippen MR) is 84.0 cm³/mol. The molecule has 1 aromatic carbocycles. The van der Waals surface area contributed by atoms with Crippen molar-refractivity contribution in [3.8, 4) is 5.75 Å². The van der Waals surface area contributed by atoms with Gasteiger partial charge in [-0.25, -0.2) is 0 Å². The lowest BCUT2D eigenvalue weighted by Gasteiger charge is -2.40. The molecule has 1 N–H and O–H groups in total. The van der Waals surface area contributed by atoms with Crippen molar-refractivity contribution in [1.82, 2.24) is 0 Å². The number of thioether (sulfide) groups is 1. The molecule has 0 aromatic heterocycles. The first-order valence-electron chi connectivity index (χ1n) is 7.89. The molecule has 21 heavy (non-hydrogen) atoms. The molecule has 0 bridgehead atoms. The maximum absolute atomic E-state index is 10.9. The number of rotatable bonds is 2. The summed E-state index contributed by atoms with van der Waals surface area (Å²) in [5.74, 6) is 3.68. The van der Waals surface area contributed by atoms with Crippen LogP contribution in [0.25, 0.3) is 0 Å². The Morgan fingerprint density at radius 1 is 1.33 bits per heavy atom. The first-order chi connectivity index (χ1) is 10.3. The Labute approximate surface area is 130 Å². The monoisotopic (exact) mass is 306 g/mol. The number of hydrogen-bond donors (Lipinski definition) is 1. The summed E-state index contributed by atoms with van der Waals surface area (Å²) < 4.78 is 11.8. The van der Waals surface area contributed by atoms with E-state index in [4.69, 9.17) is 9.47 Å². The van der Waals surface area contributed by atoms with E-state index >= 15 is 0 Å². The van der Waals surface area contributed by atoms with Crippen molar-refractivity contribution in [3.63, 3.8) is 0 Å². The van der Waals surface area contributed by atoms with E-state index in [1.807, 2.05) is 30.0 Å². The van der Waals surface area contributed by atoms with Crippen molar-refractivity contribution < 1.29 is 14.6 Å². The maximum Gasteiger partial charge on any atom is 0.123 e. The second-order valence-electron chi connectivity index (χ2n) is 6.53. The van der Waals surface area contributed by atoms with E-state index in [1.54, 1.807) is 0 Å². The van der Waals surface area contributed by atoms with Crippen LogP contribution >= 0.6 is 11.8 Å². The van der Waals surface area contributed by atoms with Gasteiger partial charge in [-0.05, 0) is 37.0 Å². The van der Waals surface area contributed by atoms with Gasteiger partial charge in [-0.3, -0.25) is 0 Å². The molecule has 1 spiro atoms. The number of ether oxygens (including phenoxy) is 2. The summed E-state index contributed by atoms with van der Waals surface area (Å²) in [6.45, 7) is 1.40. The van der Waals surface area contributed by atoms with Crippen LogP contribution in [-0.4, -0.2) is 41.5 Å². The molecular formula is C17H22O3S. The smallest absolute Gasteiger partial charge is 0.123 e. The fourth-order valence-corrected chi connectivity index (χ4v) is 5.40. The van der Waals surface area contributed by atoms with Crippen LogP contribution in [0.15, 0.2) is 24.3 Å². The second-order valence-corrected chi connectivity index (χ2v) is 7.64. The van der Waals surface area contributed by atoms with Gasteiger partial charge in [0.05, 0.1) is 18.3 Å². The van der Waals surface area contributed by atoms with Crippen LogP contribution in [-0.2, 0) is 4.74 Å². The van der Waals surface area contributed by atoms with Crippen LogP contribution in [0.4, 0.5) is 0 Å². The first kappa shape index (κ1) is 13.9. The Hall–Kier alpha value is -0.710. The normalized spacial score (nSPS) is 36.4. The fraction of sp³-hybridized carbons (Fsp3) is 0.647. The molecular weight excluding hydrogens is 284 g/mol. The number of fused-ring (bicyclic) bond motifs is 1. The molecule has 3 aliphatic rings. The largest absolute Gasteiger partial charge is 0.493 e. The van der Waals surface area contributed by atoms with Crippen LogP contribution in [0, 0.1) is 5.92 Å². The highest BCUT2D eigenvalue weighted by Gasteiger charge is 2.44. The summed E-state index contributed by atoms with van der Waals surface area (Å²) in [5, 5.41) is 10.9. The molecule has 0 saturated carbocycles. The Balaban J connectivity index is 1.51. The standard InChI is InChI=1S/C17H22O3S/c18-16(14-10-19-15-4-2-1-3-13(14)15)12-5-7-20-17(9-12)6-8-21-11-17/h1-4,12,14,16,18H,5-11H2. The van der Waals surface area contributed by atoms with Gasteiger partial charge in [0.2, 0.25) is 0 Å². The third-order valence-electron chi connectivity index (χ3n) is 5.23. The highest BCUT2D eigenvalue weighted by molar-refractivity contribution is 7.99. The van der Waals surface area contributed by atoms with Crippen LogP contribution in [0.5, 0.6) is 5.75 Å². The van der Waals surface area contributed by atoms with Gasteiger partial charge in [0.25, 0.3) is 0 Å². The minimum Gasteiger partial charge on any atom is -0.493 e. The highest BCUT2D eigenvalue weighted by Crippen LogP contribution is 2.45. The number of hydrogen-bond acceptors (Lipinski definition) is 4. The van der Waals surface area contributed by atoms with Gasteiger partial charge in [0, 0.05) is 23.8 Å². The molecule has 0 amide bonds. The average Bonchev–Trinajstić information content (AvgIpc) is 3.14. The second kappa shape index (κ2) is 5.49. The Bertz CT molecular complexity index is 513. The van der Waals surface area contributed by atoms with Gasteiger partial charge >= 0.3 is 0 Å². The molecule has 2 fully saturated rings. The predicted octanol–water partition coefficient (Wildman–Crippen LogP) is 2.83. The van der Waals surface area contributed by atoms with E-state index in [1.165, 1.54) is 11.3 Å². The summed E-state index contributed by atoms with van der Waals surface area (Å²) in [5.41, 5.74) is 1.21. The third-order valence-corrected chi connectivity index (χ3v) is 6.45. The van der Waals surface area contributed by atoms with Crippen molar-refractivity contribution >= 4 is 11.8 Å². The minimum atomic E-state index is -0.319. The molecule has 3 nitrogen and oxygen atoms in total. The topological polar surface area (TPSA) is 38.7 Å². The van der Waals surface area contributed by atoms with Gasteiger partial charge in [-0.1, -0.05) is 18.2 Å². The summed E-state index contributed by atoms with van der Waals surface area (Å²) in [7, 11) is 0. The van der Waals surface area contributed by atoms with Crippen molar-refractivity contribution in [1.29, 1.82) is 0 Å². The van der Waals surface area contributed by atoms with E-state index in [0.29, 0.717) is 12.5 Å². The zero-order valence-corrected chi connectivity index (χ0v) is 13.0. The first-order valence-corrected chi connectivity index (χ1v) is 9.04. The average molecular weight is 306 g/mol. The lowest BCUT2D eigenvalue weighted by molar-refractivity contribution is -0.105. The SMILES string of the molecule is OC(C1CCOC2(CCSC2)C1)C1COc2ccccc21. The number of benzene rings is 1. The molecule has 0 radical (unpaired) electrons. The van der Waals surface area contributed by atoms with Crippen LogP contribution in [0.3, 0.4) is 0 Å². The molecule has 3 aliphatic heterocycles. The van der Waals surface area contributed by atoms with Crippen LogP contribution in [0.1, 0.15) is 30.7 Å². The molecule has 1 aromatic rings.